The molecule has 0 aliphatic carbocycles. The molecule has 0 unspecified atom stereocenters. The predicted octanol–water partition coefficient (Wildman–Crippen LogP) is 8.60. The van der Waals surface area contributed by atoms with E-state index in [2.05, 4.69) is 12.1 Å². The lowest BCUT2D eigenvalue weighted by molar-refractivity contribution is 0.682. The normalized spacial score (nSPS) is 22.4. The standard InChI is InChI=1S/C28H20Cl2O2S4/c29-19-9-11-25-17(13-19)15-23(21-5-1-3-7-27(21)35(25)31)33-34-24-16-18-14-20(30)10-12-26(18)36(32)28-8-4-2-6-22(24)28/h1-14,23-24H,15-16H2/t23-,24-,35-,36-/m1/s1. The zero-order valence-corrected chi connectivity index (χ0v) is 23.6. The van der Waals surface area contributed by atoms with Crippen LogP contribution in [0.4, 0.5) is 0 Å². The molecule has 0 spiro atoms. The van der Waals surface area contributed by atoms with Gasteiger partial charge in [0.25, 0.3) is 0 Å². The number of halogens is 2. The molecule has 0 saturated heterocycles. The lowest BCUT2D eigenvalue weighted by atomic mass is 10.0. The van der Waals surface area contributed by atoms with E-state index in [0.717, 1.165) is 54.7 Å². The molecule has 182 valence electrons. The van der Waals surface area contributed by atoms with Crippen molar-refractivity contribution in [2.45, 2.75) is 42.9 Å². The summed E-state index contributed by atoms with van der Waals surface area (Å²) in [5.74, 6) is 0. The van der Waals surface area contributed by atoms with Gasteiger partial charge in [0.1, 0.15) is 0 Å². The van der Waals surface area contributed by atoms with Crippen LogP contribution in [-0.4, -0.2) is 8.42 Å². The van der Waals surface area contributed by atoms with Gasteiger partial charge in [-0.2, -0.15) is 0 Å². The number of benzene rings is 4. The lowest BCUT2D eigenvalue weighted by Gasteiger charge is -2.21. The first kappa shape index (κ1) is 24.8. The first-order chi connectivity index (χ1) is 17.5. The summed E-state index contributed by atoms with van der Waals surface area (Å²) < 4.78 is 27.0. The molecule has 4 aromatic rings. The van der Waals surface area contributed by atoms with Crippen LogP contribution < -0.4 is 0 Å². The summed E-state index contributed by atoms with van der Waals surface area (Å²) in [6.07, 6.45) is 1.47. The molecule has 0 bridgehead atoms. The number of hydrogen-bond donors (Lipinski definition) is 0. The molecule has 0 N–H and O–H groups in total. The van der Waals surface area contributed by atoms with E-state index in [0.29, 0.717) is 10.0 Å². The second-order valence-electron chi connectivity index (χ2n) is 8.70. The van der Waals surface area contributed by atoms with Crippen LogP contribution in [0.25, 0.3) is 0 Å². The zero-order valence-electron chi connectivity index (χ0n) is 18.9. The molecular formula is C28H20Cl2O2S4. The Morgan fingerprint density at radius 2 is 1.00 bits per heavy atom. The molecule has 2 aliphatic heterocycles. The quantitative estimate of drug-likeness (QED) is 0.225. The summed E-state index contributed by atoms with van der Waals surface area (Å²) in [5.41, 5.74) is 4.23. The molecule has 0 amide bonds. The lowest BCUT2D eigenvalue weighted by Crippen LogP contribution is -2.02. The van der Waals surface area contributed by atoms with Gasteiger partial charge in [0.2, 0.25) is 0 Å². The van der Waals surface area contributed by atoms with E-state index in [1.165, 1.54) is 0 Å². The number of rotatable bonds is 3. The van der Waals surface area contributed by atoms with E-state index in [-0.39, 0.29) is 10.5 Å². The van der Waals surface area contributed by atoms with Crippen LogP contribution in [0.2, 0.25) is 10.0 Å². The molecule has 6 rings (SSSR count). The third-order valence-electron chi connectivity index (χ3n) is 6.47. The highest BCUT2D eigenvalue weighted by atomic mass is 35.5. The van der Waals surface area contributed by atoms with Gasteiger partial charge >= 0.3 is 0 Å². The van der Waals surface area contributed by atoms with E-state index in [4.69, 9.17) is 23.2 Å². The van der Waals surface area contributed by atoms with Gasteiger partial charge in [0.05, 0.1) is 21.6 Å². The van der Waals surface area contributed by atoms with Crippen molar-refractivity contribution in [3.63, 3.8) is 0 Å². The summed E-state index contributed by atoms with van der Waals surface area (Å²) in [7, 11) is 1.07. The maximum Gasteiger partial charge on any atom is 0.0855 e. The van der Waals surface area contributed by atoms with Crippen LogP contribution in [-0.2, 0) is 34.4 Å². The van der Waals surface area contributed by atoms with Crippen molar-refractivity contribution < 1.29 is 8.42 Å². The molecular weight excluding hydrogens is 567 g/mol. The van der Waals surface area contributed by atoms with E-state index >= 15 is 0 Å². The molecule has 0 radical (unpaired) electrons. The van der Waals surface area contributed by atoms with Crippen molar-refractivity contribution in [1.29, 1.82) is 0 Å². The van der Waals surface area contributed by atoms with Crippen molar-refractivity contribution in [3.8, 4) is 0 Å². The van der Waals surface area contributed by atoms with Gasteiger partial charge in [-0.1, -0.05) is 81.2 Å². The molecule has 8 heteroatoms. The number of fused-ring (bicyclic) bond motifs is 4. The Kier molecular flexibility index (Phi) is 7.10. The molecule has 36 heavy (non-hydrogen) atoms. The topological polar surface area (TPSA) is 34.1 Å². The summed E-state index contributed by atoms with van der Waals surface area (Å²) >= 11 is 12.7. The smallest absolute Gasteiger partial charge is 0.0855 e. The minimum Gasteiger partial charge on any atom is -0.249 e. The molecule has 2 nitrogen and oxygen atoms in total. The Morgan fingerprint density at radius 3 is 1.44 bits per heavy atom. The largest absolute Gasteiger partial charge is 0.249 e. The molecule has 2 heterocycles. The van der Waals surface area contributed by atoms with Crippen molar-refractivity contribution in [2.24, 2.45) is 0 Å². The van der Waals surface area contributed by atoms with Crippen LogP contribution in [0.5, 0.6) is 0 Å². The average Bonchev–Trinajstić information content (AvgIpc) is 3.08. The van der Waals surface area contributed by atoms with Crippen LogP contribution in [0.1, 0.15) is 32.8 Å². The summed E-state index contributed by atoms with van der Waals surface area (Å²) in [6.45, 7) is 0. The maximum atomic E-state index is 13.5. The fourth-order valence-corrected chi connectivity index (χ4v) is 11.4. The average molecular weight is 588 g/mol. The van der Waals surface area contributed by atoms with E-state index < -0.39 is 21.6 Å². The van der Waals surface area contributed by atoms with Gasteiger partial charge < -0.3 is 0 Å². The van der Waals surface area contributed by atoms with Gasteiger partial charge in [0, 0.05) is 40.1 Å². The van der Waals surface area contributed by atoms with Crippen LogP contribution in [0, 0.1) is 0 Å². The monoisotopic (exact) mass is 586 g/mol. The first-order valence-corrected chi connectivity index (χ1v) is 16.7. The predicted molar refractivity (Wildman–Crippen MR) is 153 cm³/mol. The minimum atomic E-state index is -1.26. The van der Waals surface area contributed by atoms with E-state index in [9.17, 15) is 8.42 Å². The van der Waals surface area contributed by atoms with Gasteiger partial charge in [0.15, 0.2) is 0 Å². The fraction of sp³-hybridized carbons (Fsp3) is 0.143. The van der Waals surface area contributed by atoms with Gasteiger partial charge in [-0.05, 0) is 83.6 Å². The molecule has 2 aliphatic rings. The minimum absolute atomic E-state index is 0.0922. The molecule has 0 fully saturated rings. The van der Waals surface area contributed by atoms with Crippen LogP contribution in [0.15, 0.2) is 105 Å². The van der Waals surface area contributed by atoms with Gasteiger partial charge in [-0.3, -0.25) is 0 Å². The highest BCUT2D eigenvalue weighted by molar-refractivity contribution is 8.76. The summed E-state index contributed by atoms with van der Waals surface area (Å²) in [6, 6.07) is 27.3. The Labute approximate surface area is 233 Å². The van der Waals surface area contributed by atoms with Crippen LogP contribution >= 0.6 is 44.8 Å². The van der Waals surface area contributed by atoms with E-state index in [1.807, 2.05) is 72.8 Å². The van der Waals surface area contributed by atoms with Crippen LogP contribution in [0.3, 0.4) is 0 Å². The molecule has 0 saturated carbocycles. The molecule has 4 aromatic carbocycles. The third-order valence-corrected chi connectivity index (χ3v) is 13.2. The first-order valence-electron chi connectivity index (χ1n) is 11.4. The van der Waals surface area contributed by atoms with E-state index in [1.54, 1.807) is 21.6 Å². The Bertz CT molecular complexity index is 1420. The summed E-state index contributed by atoms with van der Waals surface area (Å²) in [4.78, 5) is 3.38. The second kappa shape index (κ2) is 10.3. The highest BCUT2D eigenvalue weighted by Crippen LogP contribution is 2.53. The fourth-order valence-electron chi connectivity index (χ4n) is 4.77. The zero-order chi connectivity index (χ0) is 24.8. The molecule has 4 atom stereocenters. The molecule has 0 aromatic heterocycles. The number of hydrogen-bond acceptors (Lipinski definition) is 4. The second-order valence-corrected chi connectivity index (χ2v) is 15.1. The van der Waals surface area contributed by atoms with Gasteiger partial charge in [-0.25, -0.2) is 8.42 Å². The van der Waals surface area contributed by atoms with Gasteiger partial charge in [-0.15, -0.1) is 0 Å². The Morgan fingerprint density at radius 1 is 0.583 bits per heavy atom. The van der Waals surface area contributed by atoms with Crippen molar-refractivity contribution in [3.05, 3.63) is 117 Å². The van der Waals surface area contributed by atoms with Crippen molar-refractivity contribution in [1.82, 2.24) is 0 Å². The SMILES string of the molecule is O=[S@@]1c2ccc(Cl)cc2C[C@@H](SS[C@@H]2Cc3cc(Cl)ccc3[S@@](=O)c3ccccc32)c2ccccc21. The Balaban J connectivity index is 1.38. The Hall–Kier alpha value is -1.54. The maximum absolute atomic E-state index is 13.5. The summed E-state index contributed by atoms with van der Waals surface area (Å²) in [5, 5.41) is 1.49. The highest BCUT2D eigenvalue weighted by Gasteiger charge is 2.31. The third kappa shape index (κ3) is 4.61. The van der Waals surface area contributed by atoms with Crippen molar-refractivity contribution in [2.75, 3.05) is 0 Å². The van der Waals surface area contributed by atoms with Crippen molar-refractivity contribution >= 4 is 66.4 Å².